The third-order valence-corrected chi connectivity index (χ3v) is 7.10. The monoisotopic (exact) mass is 530 g/mol. The first-order valence-electron chi connectivity index (χ1n) is 12.0. The summed E-state index contributed by atoms with van der Waals surface area (Å²) in [6, 6.07) is 21.2. The van der Waals surface area contributed by atoms with Gasteiger partial charge >= 0.3 is 0 Å². The Morgan fingerprint density at radius 1 is 0.595 bits per heavy atom. The molecular formula is C27H34N2O7S. The summed E-state index contributed by atoms with van der Waals surface area (Å²) in [7, 11) is -4.49. The van der Waals surface area contributed by atoms with Crippen LogP contribution in [0.3, 0.4) is 0 Å². The maximum atomic E-state index is 12.2. The molecule has 0 bridgehead atoms. The smallest absolute Gasteiger partial charge is 0.294 e. The third kappa shape index (κ3) is 7.29. The van der Waals surface area contributed by atoms with Crippen LogP contribution in [0, 0.1) is 0 Å². The molecule has 0 aromatic heterocycles. The number of benzene rings is 3. The van der Waals surface area contributed by atoms with Crippen molar-refractivity contribution < 1.29 is 33.4 Å². The van der Waals surface area contributed by atoms with Gasteiger partial charge in [-0.15, -0.1) is 0 Å². The molecule has 0 aliphatic carbocycles. The lowest BCUT2D eigenvalue weighted by Crippen LogP contribution is -2.29. The molecule has 0 heterocycles. The summed E-state index contributed by atoms with van der Waals surface area (Å²) in [6.07, 6.45) is 0. The van der Waals surface area contributed by atoms with Gasteiger partial charge in [-0.25, -0.2) is 0 Å². The third-order valence-electron chi connectivity index (χ3n) is 6.17. The minimum atomic E-state index is -4.49. The van der Waals surface area contributed by atoms with Crippen LogP contribution in [-0.2, 0) is 10.1 Å². The van der Waals surface area contributed by atoms with E-state index in [0.29, 0.717) is 31.7 Å². The fourth-order valence-corrected chi connectivity index (χ4v) is 5.22. The van der Waals surface area contributed by atoms with Crippen molar-refractivity contribution in [2.24, 2.45) is 0 Å². The zero-order valence-electron chi connectivity index (χ0n) is 20.5. The number of aliphatic hydroxyl groups is 4. The topological polar surface area (TPSA) is 142 Å². The van der Waals surface area contributed by atoms with Gasteiger partial charge in [-0.05, 0) is 47.0 Å². The highest BCUT2D eigenvalue weighted by atomic mass is 32.2. The molecule has 37 heavy (non-hydrogen) atoms. The van der Waals surface area contributed by atoms with Crippen molar-refractivity contribution >= 4 is 21.5 Å². The lowest BCUT2D eigenvalue weighted by atomic mass is 9.85. The first kappa shape index (κ1) is 28.6. The Morgan fingerprint density at radius 2 is 0.973 bits per heavy atom. The van der Waals surface area contributed by atoms with Gasteiger partial charge in [-0.3, -0.25) is 4.55 Å². The van der Waals surface area contributed by atoms with E-state index in [4.69, 9.17) is 0 Å². The van der Waals surface area contributed by atoms with Crippen molar-refractivity contribution in [2.45, 2.75) is 10.8 Å². The fourth-order valence-electron chi connectivity index (χ4n) is 4.48. The van der Waals surface area contributed by atoms with E-state index >= 15 is 0 Å². The molecule has 0 atom stereocenters. The second-order valence-electron chi connectivity index (χ2n) is 8.50. The van der Waals surface area contributed by atoms with Gasteiger partial charge in [0.05, 0.1) is 31.3 Å². The number of rotatable bonds is 14. The summed E-state index contributed by atoms with van der Waals surface area (Å²) < 4.78 is 34.4. The van der Waals surface area contributed by atoms with E-state index in [1.54, 1.807) is 18.2 Å². The molecule has 0 fully saturated rings. The molecule has 9 nitrogen and oxygen atoms in total. The highest BCUT2D eigenvalue weighted by Gasteiger charge is 2.25. The molecule has 0 aliphatic rings. The minimum Gasteiger partial charge on any atom is -0.395 e. The largest absolute Gasteiger partial charge is 0.395 e. The molecule has 3 aromatic rings. The number of aliphatic hydroxyl groups excluding tert-OH is 4. The van der Waals surface area contributed by atoms with Crippen LogP contribution in [0.5, 0.6) is 0 Å². The zero-order chi connectivity index (χ0) is 26.8. The lowest BCUT2D eigenvalue weighted by molar-refractivity contribution is 0.280. The van der Waals surface area contributed by atoms with Gasteiger partial charge in [0.1, 0.15) is 0 Å². The van der Waals surface area contributed by atoms with Crippen LogP contribution in [0.2, 0.25) is 0 Å². The Labute approximate surface area is 217 Å². The highest BCUT2D eigenvalue weighted by molar-refractivity contribution is 7.85. The molecule has 0 saturated heterocycles. The van der Waals surface area contributed by atoms with Crippen molar-refractivity contribution in [3.8, 4) is 0 Å². The molecule has 3 rings (SSSR count). The molecule has 5 N–H and O–H groups in total. The Kier molecular flexibility index (Phi) is 10.4. The predicted molar refractivity (Wildman–Crippen MR) is 143 cm³/mol. The summed E-state index contributed by atoms with van der Waals surface area (Å²) in [5.41, 5.74) is 3.57. The molecule has 3 aromatic carbocycles. The van der Waals surface area contributed by atoms with E-state index in [9.17, 15) is 33.4 Å². The van der Waals surface area contributed by atoms with Gasteiger partial charge in [-0.1, -0.05) is 42.5 Å². The molecule has 0 amide bonds. The number of anilines is 2. The number of nitrogens with zero attached hydrogens (tertiary/aromatic N) is 2. The van der Waals surface area contributed by atoms with Crippen LogP contribution in [0.15, 0.2) is 77.7 Å². The van der Waals surface area contributed by atoms with Gasteiger partial charge in [0.2, 0.25) is 0 Å². The second-order valence-corrected chi connectivity index (χ2v) is 9.89. The van der Waals surface area contributed by atoms with Crippen molar-refractivity contribution in [2.75, 3.05) is 62.4 Å². The Balaban J connectivity index is 2.10. The molecular weight excluding hydrogens is 496 g/mol. The van der Waals surface area contributed by atoms with Crippen molar-refractivity contribution in [3.05, 3.63) is 89.5 Å². The first-order chi connectivity index (χ1) is 17.8. The average Bonchev–Trinajstić information content (AvgIpc) is 2.89. The van der Waals surface area contributed by atoms with Crippen LogP contribution < -0.4 is 9.80 Å². The normalized spacial score (nSPS) is 11.6. The summed E-state index contributed by atoms with van der Waals surface area (Å²) in [5.74, 6) is -0.533. The van der Waals surface area contributed by atoms with E-state index in [2.05, 4.69) is 0 Å². The van der Waals surface area contributed by atoms with Gasteiger partial charge in [0.25, 0.3) is 10.1 Å². The Hall–Kier alpha value is -2.99. The quantitative estimate of drug-likeness (QED) is 0.155. The summed E-state index contributed by atoms with van der Waals surface area (Å²) >= 11 is 0. The number of hydrogen-bond donors (Lipinski definition) is 5. The average molecular weight is 531 g/mol. The standard InChI is InChI=1S/C27H34N2O7S/c30-17-13-28(14-18-31)23-9-5-21(6-10-23)27(25-3-1-2-4-26(25)37(34,35)36)22-7-11-24(12-8-22)29(15-19-32)16-20-33/h1-12,27,30-33H,13-20H2,(H,34,35,36). The maximum absolute atomic E-state index is 12.2. The predicted octanol–water partition coefficient (Wildman–Crippen LogP) is 1.70. The van der Waals surface area contributed by atoms with Crippen molar-refractivity contribution in [3.63, 3.8) is 0 Å². The van der Waals surface area contributed by atoms with Gasteiger partial charge in [0.15, 0.2) is 0 Å². The second kappa shape index (κ2) is 13.5. The van der Waals surface area contributed by atoms with E-state index in [1.165, 1.54) is 6.07 Å². The van der Waals surface area contributed by atoms with Gasteiger partial charge in [-0.2, -0.15) is 8.42 Å². The summed E-state index contributed by atoms with van der Waals surface area (Å²) in [5, 5.41) is 37.5. The summed E-state index contributed by atoms with van der Waals surface area (Å²) in [6.45, 7) is 1.15. The minimum absolute atomic E-state index is 0.0674. The molecule has 0 aliphatic heterocycles. The molecule has 0 saturated carbocycles. The SMILES string of the molecule is O=S(=O)(O)c1ccccc1C(c1ccc(N(CCO)CCO)cc1)c1ccc(N(CCO)CCO)cc1. The van der Waals surface area contributed by atoms with E-state index in [1.807, 2.05) is 58.3 Å². The van der Waals surface area contributed by atoms with Gasteiger partial charge in [0, 0.05) is 43.5 Å². The molecule has 200 valence electrons. The zero-order valence-corrected chi connectivity index (χ0v) is 21.3. The molecule has 0 radical (unpaired) electrons. The van der Waals surface area contributed by atoms with E-state index < -0.39 is 16.0 Å². The summed E-state index contributed by atoms with van der Waals surface area (Å²) in [4.78, 5) is 3.50. The van der Waals surface area contributed by atoms with Crippen LogP contribution >= 0.6 is 0 Å². The van der Waals surface area contributed by atoms with Crippen LogP contribution in [0.4, 0.5) is 11.4 Å². The van der Waals surface area contributed by atoms with Gasteiger partial charge < -0.3 is 30.2 Å². The van der Waals surface area contributed by atoms with Crippen LogP contribution in [0.25, 0.3) is 0 Å². The van der Waals surface area contributed by atoms with Crippen molar-refractivity contribution in [1.82, 2.24) is 0 Å². The first-order valence-corrected chi connectivity index (χ1v) is 13.5. The Morgan fingerprint density at radius 3 is 1.32 bits per heavy atom. The van der Waals surface area contributed by atoms with E-state index in [0.717, 1.165) is 22.5 Å². The highest BCUT2D eigenvalue weighted by Crippen LogP contribution is 2.37. The Bertz CT molecular complexity index is 1150. The van der Waals surface area contributed by atoms with Crippen LogP contribution in [-0.4, -0.2) is 86.0 Å². The molecule has 0 unspecified atom stereocenters. The molecule has 0 spiro atoms. The van der Waals surface area contributed by atoms with Crippen LogP contribution in [0.1, 0.15) is 22.6 Å². The maximum Gasteiger partial charge on any atom is 0.294 e. The lowest BCUT2D eigenvalue weighted by Gasteiger charge is -2.26. The fraction of sp³-hybridized carbons (Fsp3) is 0.333. The number of hydrogen-bond acceptors (Lipinski definition) is 8. The molecule has 10 heteroatoms. The van der Waals surface area contributed by atoms with Crippen molar-refractivity contribution in [1.29, 1.82) is 0 Å². The van der Waals surface area contributed by atoms with E-state index in [-0.39, 0.29) is 31.3 Å².